The minimum atomic E-state index is -2.77. The van der Waals surface area contributed by atoms with Crippen LogP contribution in [0, 0.1) is 5.92 Å². The van der Waals surface area contributed by atoms with Crippen molar-refractivity contribution in [1.29, 1.82) is 0 Å². The number of ether oxygens (including phenoxy) is 2. The maximum atomic E-state index is 14.3. The van der Waals surface area contributed by atoms with Gasteiger partial charge in [0.05, 0.1) is 38.0 Å². The van der Waals surface area contributed by atoms with Crippen LogP contribution in [0.15, 0.2) is 78.9 Å². The first-order valence-corrected chi connectivity index (χ1v) is 17.7. The van der Waals surface area contributed by atoms with Crippen molar-refractivity contribution in [2.45, 2.75) is 57.8 Å². The van der Waals surface area contributed by atoms with Gasteiger partial charge in [-0.05, 0) is 72.6 Å². The summed E-state index contributed by atoms with van der Waals surface area (Å²) in [5.41, 5.74) is 4.44. The number of para-hydroxylation sites is 2. The molecule has 3 aromatic carbocycles. The fourth-order valence-corrected chi connectivity index (χ4v) is 7.22. The standard InChI is InChI=1S/C39H45F2N7O3/c1-50-32-16-12-29(13-17-32)25-47(24-28-6-8-30(26-49)9-7-28)31-14-10-27(11-15-31)23-42-39-44-35(46-18-20-51-21-19-46)22-36(45-39)48-34-5-3-2-4-33(34)43-38(48)37(40)41/h2-9,12-13,16-17,22,27,31,37,49H,10-11,14-15,18-21,23-26H2,1H3,(H,42,44,45). The predicted octanol–water partition coefficient (Wildman–Crippen LogP) is 6.76. The van der Waals surface area contributed by atoms with Gasteiger partial charge in [0.25, 0.3) is 6.43 Å². The molecule has 0 amide bonds. The predicted molar refractivity (Wildman–Crippen MR) is 193 cm³/mol. The van der Waals surface area contributed by atoms with Crippen LogP contribution in [0.2, 0.25) is 0 Å². The van der Waals surface area contributed by atoms with E-state index >= 15 is 0 Å². The number of methoxy groups -OCH3 is 1. The van der Waals surface area contributed by atoms with Crippen molar-refractivity contribution >= 4 is 22.8 Å². The number of rotatable bonds is 13. The first kappa shape index (κ1) is 34.8. The van der Waals surface area contributed by atoms with Crippen LogP contribution in [0.25, 0.3) is 16.9 Å². The van der Waals surface area contributed by atoms with Crippen molar-refractivity contribution < 1.29 is 23.4 Å². The van der Waals surface area contributed by atoms with E-state index in [0.717, 1.165) is 50.1 Å². The van der Waals surface area contributed by atoms with Crippen LogP contribution in [-0.2, 0) is 24.4 Å². The third-order valence-electron chi connectivity index (χ3n) is 10.1. The van der Waals surface area contributed by atoms with E-state index < -0.39 is 6.43 Å². The molecule has 12 heteroatoms. The minimum Gasteiger partial charge on any atom is -0.497 e. The van der Waals surface area contributed by atoms with E-state index in [1.165, 1.54) is 15.7 Å². The zero-order valence-corrected chi connectivity index (χ0v) is 28.9. The summed E-state index contributed by atoms with van der Waals surface area (Å²) in [6.07, 6.45) is 1.41. The summed E-state index contributed by atoms with van der Waals surface area (Å²) in [5.74, 6) is 2.38. The highest BCUT2D eigenvalue weighted by Crippen LogP contribution is 2.32. The van der Waals surface area contributed by atoms with Crippen LogP contribution >= 0.6 is 0 Å². The second-order valence-electron chi connectivity index (χ2n) is 13.4. The summed E-state index contributed by atoms with van der Waals surface area (Å²) in [4.78, 5) is 18.6. The molecule has 3 heterocycles. The van der Waals surface area contributed by atoms with Gasteiger partial charge in [-0.25, -0.2) is 13.8 Å². The highest BCUT2D eigenvalue weighted by Gasteiger charge is 2.27. The molecule has 5 aromatic rings. The number of imidazole rings is 1. The Morgan fingerprint density at radius 3 is 2.18 bits per heavy atom. The average molecular weight is 698 g/mol. The van der Waals surface area contributed by atoms with E-state index in [-0.39, 0.29) is 12.4 Å². The quantitative estimate of drug-likeness (QED) is 0.138. The van der Waals surface area contributed by atoms with Crippen molar-refractivity contribution in [3.8, 4) is 11.6 Å². The van der Waals surface area contributed by atoms with Crippen molar-refractivity contribution in [2.24, 2.45) is 5.92 Å². The monoisotopic (exact) mass is 697 g/mol. The van der Waals surface area contributed by atoms with Crippen molar-refractivity contribution in [3.63, 3.8) is 0 Å². The lowest BCUT2D eigenvalue weighted by Gasteiger charge is -2.37. The largest absolute Gasteiger partial charge is 0.497 e. The second kappa shape index (κ2) is 16.1. The molecule has 0 spiro atoms. The Kier molecular flexibility index (Phi) is 11.0. The Morgan fingerprint density at radius 1 is 0.863 bits per heavy atom. The number of aromatic nitrogens is 4. The lowest BCUT2D eigenvalue weighted by molar-refractivity contribution is 0.122. The van der Waals surface area contributed by atoms with Gasteiger partial charge in [-0.1, -0.05) is 48.5 Å². The maximum absolute atomic E-state index is 14.3. The second-order valence-corrected chi connectivity index (χ2v) is 13.4. The van der Waals surface area contributed by atoms with E-state index in [1.807, 2.05) is 30.3 Å². The molecule has 2 aromatic heterocycles. The molecule has 268 valence electrons. The summed E-state index contributed by atoms with van der Waals surface area (Å²) in [5, 5.41) is 13.0. The number of nitrogens with zero attached hydrogens (tertiary/aromatic N) is 6. The van der Waals surface area contributed by atoms with Crippen LogP contribution < -0.4 is 15.0 Å². The van der Waals surface area contributed by atoms with Crippen LogP contribution in [0.3, 0.4) is 0 Å². The van der Waals surface area contributed by atoms with Gasteiger partial charge in [-0.2, -0.15) is 9.97 Å². The zero-order chi connectivity index (χ0) is 35.2. The number of hydrogen-bond acceptors (Lipinski definition) is 9. The van der Waals surface area contributed by atoms with E-state index in [0.29, 0.717) is 73.4 Å². The Hall–Kier alpha value is -4.65. The van der Waals surface area contributed by atoms with Crippen LogP contribution in [-0.4, -0.2) is 75.5 Å². The minimum absolute atomic E-state index is 0.0367. The van der Waals surface area contributed by atoms with Crippen LogP contribution in [0.4, 0.5) is 20.5 Å². The van der Waals surface area contributed by atoms with Crippen molar-refractivity contribution in [1.82, 2.24) is 24.4 Å². The normalized spacial score (nSPS) is 18.1. The summed E-state index contributed by atoms with van der Waals surface area (Å²) < 4.78 is 41.0. The molecule has 51 heavy (non-hydrogen) atoms. The summed E-state index contributed by atoms with van der Waals surface area (Å²) in [6.45, 7) is 4.83. The van der Waals surface area contributed by atoms with E-state index in [9.17, 15) is 13.9 Å². The number of morpholine rings is 1. The zero-order valence-electron chi connectivity index (χ0n) is 28.9. The van der Waals surface area contributed by atoms with E-state index in [2.05, 4.69) is 44.4 Å². The number of benzene rings is 3. The molecule has 1 aliphatic carbocycles. The van der Waals surface area contributed by atoms with Gasteiger partial charge >= 0.3 is 0 Å². The number of anilines is 2. The molecule has 7 rings (SSSR count). The fraction of sp³-hybridized carbons (Fsp3) is 0.410. The third-order valence-corrected chi connectivity index (χ3v) is 10.1. The van der Waals surface area contributed by atoms with E-state index in [1.54, 1.807) is 31.4 Å². The number of aliphatic hydroxyl groups is 1. The van der Waals surface area contributed by atoms with Gasteiger partial charge in [-0.15, -0.1) is 0 Å². The Labute approximate surface area is 297 Å². The molecule has 1 saturated carbocycles. The molecule has 0 bridgehead atoms. The number of alkyl halides is 2. The average Bonchev–Trinajstić information content (AvgIpc) is 3.58. The Morgan fingerprint density at radius 2 is 1.51 bits per heavy atom. The van der Waals surface area contributed by atoms with Gasteiger partial charge in [0.15, 0.2) is 5.82 Å². The molecule has 10 nitrogen and oxygen atoms in total. The summed E-state index contributed by atoms with van der Waals surface area (Å²) in [6, 6.07) is 25.8. The highest BCUT2D eigenvalue weighted by molar-refractivity contribution is 5.78. The summed E-state index contributed by atoms with van der Waals surface area (Å²) >= 11 is 0. The first-order valence-electron chi connectivity index (χ1n) is 17.7. The van der Waals surface area contributed by atoms with Crippen molar-refractivity contribution in [3.05, 3.63) is 101 Å². The van der Waals surface area contributed by atoms with Gasteiger partial charge in [0.1, 0.15) is 17.4 Å². The number of nitrogens with one attached hydrogen (secondary N) is 1. The molecule has 1 saturated heterocycles. The Bertz CT molecular complexity index is 1820. The molecule has 0 radical (unpaired) electrons. The molecule has 2 aliphatic rings. The van der Waals surface area contributed by atoms with E-state index in [4.69, 9.17) is 19.4 Å². The Balaban J connectivity index is 1.07. The maximum Gasteiger partial charge on any atom is 0.296 e. The molecular weight excluding hydrogens is 652 g/mol. The number of halogens is 2. The smallest absolute Gasteiger partial charge is 0.296 e. The molecule has 0 atom stereocenters. The number of fused-ring (bicyclic) bond motifs is 1. The van der Waals surface area contributed by atoms with Crippen molar-refractivity contribution in [2.75, 3.05) is 50.2 Å². The topological polar surface area (TPSA) is 101 Å². The van der Waals surface area contributed by atoms with Gasteiger partial charge in [0, 0.05) is 44.8 Å². The molecule has 1 aliphatic heterocycles. The van der Waals surface area contributed by atoms with Gasteiger partial charge in [-0.3, -0.25) is 9.47 Å². The molecule has 0 unspecified atom stereocenters. The van der Waals surface area contributed by atoms with Gasteiger partial charge in [0.2, 0.25) is 5.95 Å². The molecular formula is C39H45F2N7O3. The molecule has 2 fully saturated rings. The van der Waals surface area contributed by atoms with Gasteiger partial charge < -0.3 is 24.8 Å². The molecule has 2 N–H and O–H groups in total. The lowest BCUT2D eigenvalue weighted by atomic mass is 9.85. The number of aliphatic hydroxyl groups excluding tert-OH is 1. The summed E-state index contributed by atoms with van der Waals surface area (Å²) in [7, 11) is 1.68. The van der Waals surface area contributed by atoms with Crippen LogP contribution in [0.1, 0.15) is 54.6 Å². The number of hydrogen-bond donors (Lipinski definition) is 2. The fourth-order valence-electron chi connectivity index (χ4n) is 7.22. The first-order chi connectivity index (χ1) is 25.0. The SMILES string of the molecule is COc1ccc(CN(Cc2ccc(CO)cc2)C2CCC(CNc3nc(N4CCOCC4)cc(-n4c(C(F)F)nc5ccccc54)n3)CC2)cc1. The lowest BCUT2D eigenvalue weighted by Crippen LogP contribution is -2.38. The highest BCUT2D eigenvalue weighted by atomic mass is 19.3. The third kappa shape index (κ3) is 8.30. The van der Waals surface area contributed by atoms with Crippen LogP contribution in [0.5, 0.6) is 5.75 Å².